The zero-order valence-electron chi connectivity index (χ0n) is 51.9. The lowest BCUT2D eigenvalue weighted by atomic mass is 10.0. The molecule has 0 unspecified atom stereocenters. The van der Waals surface area contributed by atoms with Gasteiger partial charge in [0.25, 0.3) is 0 Å². The third kappa shape index (κ3) is 47.8. The molecule has 0 heterocycles. The van der Waals surface area contributed by atoms with Crippen molar-refractivity contribution in [1.82, 2.24) is 0 Å². The minimum atomic E-state index is 0.995. The summed E-state index contributed by atoms with van der Waals surface area (Å²) in [4.78, 5) is 10.1. The SMILES string of the molecule is CCCCCCCCCCCCCCCCCCCCCCCCCCc1ccc(N=CC(CCCCCCCC)=Nc2ccc(CCCCCCCCCCCCCCCCCCCCCCCCCC)cc2)cc1. The average molecular weight is 1050 g/mol. The van der Waals surface area contributed by atoms with E-state index >= 15 is 0 Å². The Morgan fingerprint density at radius 1 is 0.250 bits per heavy atom. The molecule has 438 valence electrons. The van der Waals surface area contributed by atoms with E-state index in [1.807, 2.05) is 0 Å². The molecule has 0 saturated heterocycles. The Balaban J connectivity index is 1.50. The zero-order valence-corrected chi connectivity index (χ0v) is 51.9. The molecule has 2 nitrogen and oxygen atoms in total. The summed E-state index contributed by atoms with van der Waals surface area (Å²) in [6, 6.07) is 18.1. The first-order valence-electron chi connectivity index (χ1n) is 35.0. The van der Waals surface area contributed by atoms with Gasteiger partial charge in [-0.1, -0.05) is 372 Å². The van der Waals surface area contributed by atoms with E-state index in [0.29, 0.717) is 0 Å². The van der Waals surface area contributed by atoms with E-state index in [9.17, 15) is 0 Å². The fraction of sp³-hybridized carbons (Fsp3) is 0.811. The maximum absolute atomic E-state index is 5.15. The number of nitrogens with zero attached hydrogens (tertiary/aromatic N) is 2. The minimum absolute atomic E-state index is 0.995. The van der Waals surface area contributed by atoms with Crippen molar-refractivity contribution in [1.29, 1.82) is 0 Å². The van der Waals surface area contributed by atoms with E-state index in [4.69, 9.17) is 9.98 Å². The smallest absolute Gasteiger partial charge is 0.0633 e. The van der Waals surface area contributed by atoms with Crippen LogP contribution in [0.25, 0.3) is 0 Å². The molecule has 0 aliphatic heterocycles. The van der Waals surface area contributed by atoms with E-state index in [1.165, 1.54) is 371 Å². The quantitative estimate of drug-likeness (QED) is 0.0466. The van der Waals surface area contributed by atoms with Crippen molar-refractivity contribution in [2.24, 2.45) is 9.98 Å². The number of aryl methyl sites for hydroxylation is 2. The van der Waals surface area contributed by atoms with Crippen LogP contribution in [0.2, 0.25) is 0 Å². The Morgan fingerprint density at radius 3 is 0.711 bits per heavy atom. The largest absolute Gasteiger partial charge is 0.255 e. The van der Waals surface area contributed by atoms with E-state index in [-0.39, 0.29) is 0 Å². The summed E-state index contributed by atoms with van der Waals surface area (Å²) in [5.74, 6) is 0. The van der Waals surface area contributed by atoms with Gasteiger partial charge in [-0.15, -0.1) is 0 Å². The first-order chi connectivity index (χ1) is 37.7. The number of unbranched alkanes of at least 4 members (excludes halogenated alkanes) is 51. The Hall–Kier alpha value is -2.22. The molecule has 0 N–H and O–H groups in total. The van der Waals surface area contributed by atoms with Gasteiger partial charge >= 0.3 is 0 Å². The molecule has 76 heavy (non-hydrogen) atoms. The standard InChI is InChI=1S/C74H132N2/c1-4-7-10-13-16-18-20-22-24-26-28-30-32-34-36-38-40-42-44-46-48-50-52-55-58-70-61-65-72(66-62-70)75-69-74(60-57-54-15-12-9-6-3)76-73-67-63-71(64-68-73)59-56-53-51-49-47-45-43-41-39-37-35-33-31-29-27-25-23-21-19-17-14-11-8-5-2/h61-69H,4-60H2,1-3H3. The number of rotatable bonds is 60. The molecule has 0 radical (unpaired) electrons. The molecular formula is C74H132N2. The number of aliphatic imine (C=N–C) groups is 2. The van der Waals surface area contributed by atoms with E-state index in [2.05, 4.69) is 75.5 Å². The van der Waals surface area contributed by atoms with Crippen molar-refractivity contribution in [2.45, 2.75) is 387 Å². The molecule has 2 aromatic carbocycles. The molecule has 0 aromatic heterocycles. The first kappa shape index (κ1) is 69.9. The first-order valence-corrected chi connectivity index (χ1v) is 35.0. The van der Waals surface area contributed by atoms with Crippen LogP contribution in [0.5, 0.6) is 0 Å². The third-order valence-corrected chi connectivity index (χ3v) is 16.9. The monoisotopic (exact) mass is 1050 g/mol. The average Bonchev–Trinajstić information content (AvgIpc) is 3.44. The molecule has 2 heteroatoms. The van der Waals surface area contributed by atoms with Gasteiger partial charge in [-0.2, -0.15) is 0 Å². The molecule has 0 aliphatic rings. The van der Waals surface area contributed by atoms with E-state index < -0.39 is 0 Å². The lowest BCUT2D eigenvalue weighted by molar-refractivity contribution is 0.517. The second-order valence-electron chi connectivity index (χ2n) is 24.5. The Labute approximate surface area is 477 Å². The van der Waals surface area contributed by atoms with Gasteiger partial charge in [0.1, 0.15) is 0 Å². The Kier molecular flexibility index (Phi) is 52.8. The van der Waals surface area contributed by atoms with Crippen LogP contribution in [0.15, 0.2) is 58.5 Å². The minimum Gasteiger partial charge on any atom is -0.255 e. The highest BCUT2D eigenvalue weighted by molar-refractivity contribution is 6.31. The summed E-state index contributed by atoms with van der Waals surface area (Å²) in [5.41, 5.74) is 6.12. The predicted molar refractivity (Wildman–Crippen MR) is 346 cm³/mol. The second kappa shape index (κ2) is 57.5. The van der Waals surface area contributed by atoms with Crippen molar-refractivity contribution >= 4 is 23.3 Å². The summed E-state index contributed by atoms with van der Waals surface area (Å²) in [6.45, 7) is 6.92. The van der Waals surface area contributed by atoms with E-state index in [0.717, 1.165) is 23.5 Å². The van der Waals surface area contributed by atoms with Gasteiger partial charge in [0.05, 0.1) is 17.1 Å². The molecule has 0 bridgehead atoms. The van der Waals surface area contributed by atoms with Gasteiger partial charge in [-0.3, -0.25) is 9.98 Å². The lowest BCUT2D eigenvalue weighted by Crippen LogP contribution is -2.00. The molecule has 2 aromatic rings. The third-order valence-electron chi connectivity index (χ3n) is 16.9. The molecular weight excluding hydrogens is 917 g/mol. The van der Waals surface area contributed by atoms with Gasteiger partial charge < -0.3 is 0 Å². The summed E-state index contributed by atoms with van der Waals surface area (Å²) in [6.07, 6.45) is 82.5. The zero-order chi connectivity index (χ0) is 54.0. The lowest BCUT2D eigenvalue weighted by Gasteiger charge is -2.06. The summed E-state index contributed by atoms with van der Waals surface area (Å²) >= 11 is 0. The number of hydrogen-bond donors (Lipinski definition) is 0. The Bertz CT molecular complexity index is 1490. The fourth-order valence-electron chi connectivity index (χ4n) is 11.6. The van der Waals surface area contributed by atoms with Crippen LogP contribution in [0.1, 0.15) is 385 Å². The van der Waals surface area contributed by atoms with Crippen LogP contribution in [-0.2, 0) is 12.8 Å². The highest BCUT2D eigenvalue weighted by Gasteiger charge is 2.04. The maximum atomic E-state index is 5.15. The normalized spacial score (nSPS) is 12.0. The highest BCUT2D eigenvalue weighted by Crippen LogP contribution is 2.22. The molecule has 0 fully saturated rings. The van der Waals surface area contributed by atoms with Gasteiger partial charge in [0.15, 0.2) is 0 Å². The molecule has 0 saturated carbocycles. The van der Waals surface area contributed by atoms with Crippen LogP contribution in [-0.4, -0.2) is 11.9 Å². The van der Waals surface area contributed by atoms with Crippen molar-refractivity contribution < 1.29 is 0 Å². The van der Waals surface area contributed by atoms with Crippen LogP contribution < -0.4 is 0 Å². The van der Waals surface area contributed by atoms with Crippen molar-refractivity contribution in [3.8, 4) is 0 Å². The maximum Gasteiger partial charge on any atom is 0.0633 e. The van der Waals surface area contributed by atoms with Crippen molar-refractivity contribution in [3.63, 3.8) is 0 Å². The molecule has 0 atom stereocenters. The molecule has 2 rings (SSSR count). The molecule has 0 amide bonds. The van der Waals surface area contributed by atoms with Gasteiger partial charge in [0, 0.05) is 6.21 Å². The van der Waals surface area contributed by atoms with E-state index in [1.54, 1.807) is 0 Å². The summed E-state index contributed by atoms with van der Waals surface area (Å²) in [5, 5.41) is 0. The van der Waals surface area contributed by atoms with Crippen molar-refractivity contribution in [3.05, 3.63) is 59.7 Å². The van der Waals surface area contributed by atoms with Gasteiger partial charge in [0.2, 0.25) is 0 Å². The van der Waals surface area contributed by atoms with Crippen LogP contribution in [0.4, 0.5) is 11.4 Å². The molecule has 0 aliphatic carbocycles. The Morgan fingerprint density at radius 2 is 0.461 bits per heavy atom. The van der Waals surface area contributed by atoms with Gasteiger partial charge in [-0.05, 0) is 73.9 Å². The summed E-state index contributed by atoms with van der Waals surface area (Å²) < 4.78 is 0. The molecule has 0 spiro atoms. The van der Waals surface area contributed by atoms with Crippen LogP contribution >= 0.6 is 0 Å². The van der Waals surface area contributed by atoms with Gasteiger partial charge in [-0.25, -0.2) is 0 Å². The topological polar surface area (TPSA) is 24.7 Å². The highest BCUT2D eigenvalue weighted by atomic mass is 14.8. The van der Waals surface area contributed by atoms with Crippen LogP contribution in [0.3, 0.4) is 0 Å². The van der Waals surface area contributed by atoms with Crippen molar-refractivity contribution in [2.75, 3.05) is 0 Å². The number of hydrogen-bond acceptors (Lipinski definition) is 2. The predicted octanol–water partition coefficient (Wildman–Crippen LogP) is 26.8. The second-order valence-corrected chi connectivity index (χ2v) is 24.5. The fourth-order valence-corrected chi connectivity index (χ4v) is 11.6. The van der Waals surface area contributed by atoms with Crippen LogP contribution in [0, 0.1) is 0 Å². The summed E-state index contributed by atoms with van der Waals surface area (Å²) in [7, 11) is 0. The number of benzene rings is 2.